The Bertz CT molecular complexity index is 3700. The van der Waals surface area contributed by atoms with Crippen molar-refractivity contribution in [1.82, 2.24) is 8.80 Å². The van der Waals surface area contributed by atoms with Gasteiger partial charge >= 0.3 is 0 Å². The highest BCUT2D eigenvalue weighted by atomic mass is 28.3. The van der Waals surface area contributed by atoms with Crippen LogP contribution in [-0.2, 0) is 16.2 Å². The zero-order chi connectivity index (χ0) is 44.3. The van der Waals surface area contributed by atoms with E-state index in [1.165, 1.54) is 98.1 Å². The number of fused-ring (bicyclic) bond motifs is 12. The van der Waals surface area contributed by atoms with Crippen LogP contribution in [0.1, 0.15) is 79.0 Å². The van der Waals surface area contributed by atoms with E-state index in [9.17, 15) is 0 Å². The predicted molar refractivity (Wildman–Crippen MR) is 276 cm³/mol. The maximum Gasteiger partial charge on any atom is 0.187 e. The summed E-state index contributed by atoms with van der Waals surface area (Å²) in [6.07, 6.45) is 0. The third kappa shape index (κ3) is 5.84. The first kappa shape index (κ1) is 39.5. The van der Waals surface area contributed by atoms with Crippen molar-refractivity contribution in [2.75, 3.05) is 4.90 Å². The molecular formula is C58H56N4Si. The molecule has 4 aromatic heterocycles. The van der Waals surface area contributed by atoms with Gasteiger partial charge < -0.3 is 13.7 Å². The number of nitrogens with zero attached hydrogens (tertiary/aromatic N) is 4. The van der Waals surface area contributed by atoms with Gasteiger partial charge in [-0.2, -0.15) is 0 Å². The van der Waals surface area contributed by atoms with Crippen molar-refractivity contribution in [2.45, 2.75) is 98.2 Å². The third-order valence-electron chi connectivity index (χ3n) is 14.0. The minimum Gasteiger partial charge on any atom is -0.311 e. The number of aromatic nitrogens is 2. The van der Waals surface area contributed by atoms with Gasteiger partial charge in [-0.15, -0.1) is 0 Å². The molecule has 0 radical (unpaired) electrons. The van der Waals surface area contributed by atoms with Crippen LogP contribution in [0.5, 0.6) is 0 Å². The largest absolute Gasteiger partial charge is 0.311 e. The van der Waals surface area contributed by atoms with Crippen molar-refractivity contribution < 1.29 is 0 Å². The predicted octanol–water partition coefficient (Wildman–Crippen LogP) is 16.4. The fraction of sp³-hybridized carbons (Fsp3) is 0.259. The number of benzene rings is 7. The summed E-state index contributed by atoms with van der Waals surface area (Å²) in [7, 11) is -1.51. The molecule has 11 rings (SSSR count). The van der Waals surface area contributed by atoms with Crippen LogP contribution in [-0.4, -0.2) is 16.9 Å². The molecule has 0 aliphatic carbocycles. The van der Waals surface area contributed by atoms with Gasteiger partial charge in [0.15, 0.2) is 5.69 Å². The molecule has 4 nitrogen and oxygen atoms in total. The summed E-state index contributed by atoms with van der Waals surface area (Å²) < 4.78 is 5.13. The molecule has 5 heteroatoms. The fourth-order valence-corrected chi connectivity index (χ4v) is 11.4. The quantitative estimate of drug-likeness (QED) is 0.127. The first-order valence-corrected chi connectivity index (χ1v) is 26.0. The maximum atomic E-state index is 7.66. The number of hydrogen-bond donors (Lipinski definition) is 0. The Labute approximate surface area is 371 Å². The summed E-state index contributed by atoms with van der Waals surface area (Å²) in [6, 6.07) is 46.3. The van der Waals surface area contributed by atoms with E-state index in [1.54, 1.807) is 0 Å². The van der Waals surface area contributed by atoms with Crippen molar-refractivity contribution in [2.24, 2.45) is 0 Å². The van der Waals surface area contributed by atoms with Gasteiger partial charge in [0.05, 0.1) is 47.7 Å². The highest BCUT2D eigenvalue weighted by Crippen LogP contribution is 2.48. The maximum absolute atomic E-state index is 7.66. The Kier molecular flexibility index (Phi) is 8.07. The van der Waals surface area contributed by atoms with Gasteiger partial charge in [0, 0.05) is 60.2 Å². The van der Waals surface area contributed by atoms with E-state index >= 15 is 0 Å². The van der Waals surface area contributed by atoms with E-state index in [1.807, 2.05) is 12.1 Å². The summed E-state index contributed by atoms with van der Waals surface area (Å²) in [5.74, 6) is 0. The van der Waals surface area contributed by atoms with Crippen molar-refractivity contribution in [3.05, 3.63) is 149 Å². The lowest BCUT2D eigenvalue weighted by Crippen LogP contribution is -2.37. The highest BCUT2D eigenvalue weighted by Gasteiger charge is 2.28. The minimum atomic E-state index is -1.51. The van der Waals surface area contributed by atoms with Crippen LogP contribution in [0.25, 0.3) is 81.0 Å². The van der Waals surface area contributed by atoms with Crippen LogP contribution >= 0.6 is 0 Å². The minimum absolute atomic E-state index is 0.0177. The third-order valence-corrected chi connectivity index (χ3v) is 16.0. The van der Waals surface area contributed by atoms with Gasteiger partial charge in [-0.05, 0) is 118 Å². The van der Waals surface area contributed by atoms with Gasteiger partial charge in [0.25, 0.3) is 0 Å². The lowest BCUT2D eigenvalue weighted by atomic mass is 9.84. The fourth-order valence-electron chi connectivity index (χ4n) is 10.3. The average Bonchev–Trinajstić information content (AvgIpc) is 3.94. The van der Waals surface area contributed by atoms with Gasteiger partial charge in [0.2, 0.25) is 0 Å². The Hall–Kier alpha value is -6.35. The normalized spacial score (nSPS) is 13.4. The topological polar surface area (TPSA) is 16.4 Å². The Balaban J connectivity index is 1.25. The van der Waals surface area contributed by atoms with E-state index in [-0.39, 0.29) is 16.2 Å². The van der Waals surface area contributed by atoms with E-state index in [0.717, 1.165) is 17.1 Å². The summed E-state index contributed by atoms with van der Waals surface area (Å²) >= 11 is 0. The molecular weight excluding hydrogens is 781 g/mol. The van der Waals surface area contributed by atoms with E-state index in [0.29, 0.717) is 5.69 Å². The number of anilines is 3. The molecule has 0 N–H and O–H groups in total. The second kappa shape index (κ2) is 12.9. The lowest BCUT2D eigenvalue weighted by Gasteiger charge is -2.27. The van der Waals surface area contributed by atoms with Crippen LogP contribution in [0.2, 0.25) is 19.6 Å². The van der Waals surface area contributed by atoms with E-state index < -0.39 is 8.07 Å². The van der Waals surface area contributed by atoms with Crippen LogP contribution in [0, 0.1) is 6.57 Å². The zero-order valence-corrected chi connectivity index (χ0v) is 39.8. The second-order valence-electron chi connectivity index (χ2n) is 22.3. The molecule has 0 unspecified atom stereocenters. The van der Waals surface area contributed by atoms with Gasteiger partial charge in [0.1, 0.15) is 0 Å². The van der Waals surface area contributed by atoms with Gasteiger partial charge in [-0.25, -0.2) is 4.85 Å². The zero-order valence-electron chi connectivity index (χ0n) is 38.8. The monoisotopic (exact) mass is 836 g/mol. The van der Waals surface area contributed by atoms with Gasteiger partial charge in [-0.3, -0.25) is 0 Å². The second-order valence-corrected chi connectivity index (χ2v) is 27.4. The van der Waals surface area contributed by atoms with Crippen LogP contribution in [0.4, 0.5) is 22.7 Å². The molecule has 0 spiro atoms. The summed E-state index contributed by atoms with van der Waals surface area (Å²) in [6.45, 7) is 35.8. The lowest BCUT2D eigenvalue weighted by molar-refractivity contribution is 0.590. The molecule has 7 aromatic carbocycles. The van der Waals surface area contributed by atoms with Crippen LogP contribution < -0.4 is 10.1 Å². The molecule has 0 amide bonds. The first-order chi connectivity index (χ1) is 29.7. The summed E-state index contributed by atoms with van der Waals surface area (Å²) in [5.41, 5.74) is 15.5. The standard InChI is InChI=1S/C58H56N4Si/c1-56(2,3)34-14-25-50-43(26-34)47-28-36(58(7,8)9)30-49-44-33-53-45(32-52(44)61(50)55(47)49)48-29-35(57(4,5)6)27-46-42-24-21-40(31-51(42)62(53)54(46)48)60(38-17-15-37(59-10)16-18-38)39-19-22-41(23-20-39)63(11,12)13/h14-33H,1-9,11-13H3. The highest BCUT2D eigenvalue weighted by molar-refractivity contribution is 6.88. The molecule has 0 fully saturated rings. The molecule has 0 saturated carbocycles. The molecule has 0 saturated heterocycles. The molecule has 0 aliphatic heterocycles. The average molecular weight is 837 g/mol. The Morgan fingerprint density at radius 1 is 0.413 bits per heavy atom. The van der Waals surface area contributed by atoms with Crippen molar-refractivity contribution in [1.29, 1.82) is 0 Å². The van der Waals surface area contributed by atoms with E-state index in [2.05, 4.69) is 210 Å². The summed E-state index contributed by atoms with van der Waals surface area (Å²) in [4.78, 5) is 6.07. The van der Waals surface area contributed by atoms with E-state index in [4.69, 9.17) is 6.57 Å². The Morgan fingerprint density at radius 2 is 0.825 bits per heavy atom. The molecule has 312 valence electrons. The molecule has 63 heavy (non-hydrogen) atoms. The van der Waals surface area contributed by atoms with Crippen LogP contribution in [0.15, 0.2) is 121 Å². The molecule has 0 atom stereocenters. The first-order valence-electron chi connectivity index (χ1n) is 22.5. The van der Waals surface area contributed by atoms with Gasteiger partial charge in [-0.1, -0.05) is 124 Å². The Morgan fingerprint density at radius 3 is 1.30 bits per heavy atom. The number of hydrogen-bond acceptors (Lipinski definition) is 1. The SMILES string of the molecule is [C-]#[N+]c1ccc(N(c2ccc([Si](C)(C)C)cc2)c2ccc3c4cc(C(C)(C)C)cc5c6cc7c(cc6n(c3c2)c45)c2cc(C(C)(C)C)cc3c4cc(C(C)(C)C)ccc4n7c32)cc1. The molecule has 11 aromatic rings. The molecule has 4 heterocycles. The van der Waals surface area contributed by atoms with Crippen molar-refractivity contribution >= 4 is 112 Å². The van der Waals surface area contributed by atoms with Crippen molar-refractivity contribution in [3.63, 3.8) is 0 Å². The summed E-state index contributed by atoms with van der Waals surface area (Å²) in [5, 5.41) is 11.9. The van der Waals surface area contributed by atoms with Crippen LogP contribution in [0.3, 0.4) is 0 Å². The smallest absolute Gasteiger partial charge is 0.187 e. The molecule has 0 bridgehead atoms. The number of rotatable bonds is 4. The van der Waals surface area contributed by atoms with Crippen molar-refractivity contribution in [3.8, 4) is 0 Å². The molecule has 0 aliphatic rings.